The molecule has 0 aliphatic rings. The van der Waals surface area contributed by atoms with E-state index in [0.29, 0.717) is 41.9 Å². The molecule has 1 atom stereocenters. The summed E-state index contributed by atoms with van der Waals surface area (Å²) in [6.07, 6.45) is 1.17. The van der Waals surface area contributed by atoms with Crippen LogP contribution in [-0.2, 0) is 16.0 Å². The molecule has 1 N–H and O–H groups in total. The molecule has 0 spiro atoms. The lowest BCUT2D eigenvalue weighted by Crippen LogP contribution is -2.24. The van der Waals surface area contributed by atoms with Crippen molar-refractivity contribution in [2.75, 3.05) is 13.7 Å². The maximum atomic E-state index is 12.4. The van der Waals surface area contributed by atoms with Gasteiger partial charge in [-0.05, 0) is 42.7 Å². The van der Waals surface area contributed by atoms with Crippen LogP contribution in [-0.4, -0.2) is 42.5 Å². The number of carboxylic acid groups (broad SMARTS) is 1. The Morgan fingerprint density at radius 3 is 2.03 bits per heavy atom. The summed E-state index contributed by atoms with van der Waals surface area (Å²) in [4.78, 5) is 35.9. The number of methoxy groups -OCH3 is 1. The van der Waals surface area contributed by atoms with Crippen molar-refractivity contribution in [2.45, 2.75) is 31.8 Å². The standard InChI is InChI=1S/C28H28O6/c1-33-26(28(31)32)19-20-10-12-21(13-11-20)25(29)9-5-6-18-34-24-16-14-23(15-17-24)27(30)22-7-3-2-4-8-22/h2-4,7-8,10-17,26H,5-6,9,18-19H2,1H3,(H,31,32)/t26-/m0/s1. The molecule has 0 fully saturated rings. The molecule has 0 aliphatic heterocycles. The van der Waals surface area contributed by atoms with Crippen LogP contribution in [0.25, 0.3) is 0 Å². The highest BCUT2D eigenvalue weighted by atomic mass is 16.5. The molecule has 0 unspecified atom stereocenters. The topological polar surface area (TPSA) is 89.9 Å². The molecule has 0 radical (unpaired) electrons. The first-order chi connectivity index (χ1) is 16.5. The second-order valence-electron chi connectivity index (χ2n) is 7.91. The molecule has 6 heteroatoms. The third-order valence-electron chi connectivity index (χ3n) is 5.48. The van der Waals surface area contributed by atoms with Gasteiger partial charge in [0.15, 0.2) is 17.7 Å². The molecule has 3 aromatic carbocycles. The van der Waals surface area contributed by atoms with Crippen LogP contribution in [0.5, 0.6) is 5.75 Å². The van der Waals surface area contributed by atoms with Crippen molar-refractivity contribution in [3.8, 4) is 5.75 Å². The van der Waals surface area contributed by atoms with Gasteiger partial charge in [-0.2, -0.15) is 0 Å². The van der Waals surface area contributed by atoms with Crippen molar-refractivity contribution >= 4 is 17.5 Å². The minimum Gasteiger partial charge on any atom is -0.494 e. The van der Waals surface area contributed by atoms with Crippen molar-refractivity contribution in [1.82, 2.24) is 0 Å². The smallest absolute Gasteiger partial charge is 0.333 e. The molecule has 0 heterocycles. The maximum absolute atomic E-state index is 12.4. The number of carboxylic acids is 1. The molecule has 0 bridgehead atoms. The third kappa shape index (κ3) is 7.12. The Bertz CT molecular complexity index is 1090. The first-order valence-corrected chi connectivity index (χ1v) is 11.2. The average Bonchev–Trinajstić information content (AvgIpc) is 2.87. The Morgan fingerprint density at radius 1 is 0.794 bits per heavy atom. The van der Waals surface area contributed by atoms with Crippen LogP contribution in [0, 0.1) is 0 Å². The molecule has 0 aliphatic carbocycles. The number of ether oxygens (including phenoxy) is 2. The molecule has 3 rings (SSSR count). The number of hydrogen-bond donors (Lipinski definition) is 1. The first-order valence-electron chi connectivity index (χ1n) is 11.2. The molecular weight excluding hydrogens is 432 g/mol. The Balaban J connectivity index is 1.39. The quantitative estimate of drug-likeness (QED) is 0.285. The lowest BCUT2D eigenvalue weighted by molar-refractivity contribution is -0.148. The molecule has 34 heavy (non-hydrogen) atoms. The summed E-state index contributed by atoms with van der Waals surface area (Å²) in [5, 5.41) is 9.07. The summed E-state index contributed by atoms with van der Waals surface area (Å²) in [5.74, 6) is -0.320. The zero-order chi connectivity index (χ0) is 24.3. The second kappa shape index (κ2) is 12.5. The summed E-state index contributed by atoms with van der Waals surface area (Å²) in [7, 11) is 1.36. The zero-order valence-corrected chi connectivity index (χ0v) is 19.1. The van der Waals surface area contributed by atoms with Crippen molar-refractivity contribution in [3.05, 3.63) is 101 Å². The normalized spacial score (nSPS) is 11.6. The highest BCUT2D eigenvalue weighted by molar-refractivity contribution is 6.09. The van der Waals surface area contributed by atoms with Gasteiger partial charge in [-0.25, -0.2) is 4.79 Å². The summed E-state index contributed by atoms with van der Waals surface area (Å²) in [6.45, 7) is 0.478. The van der Waals surface area contributed by atoms with E-state index in [2.05, 4.69) is 0 Å². The molecule has 0 amide bonds. The van der Waals surface area contributed by atoms with E-state index < -0.39 is 12.1 Å². The van der Waals surface area contributed by atoms with E-state index in [9.17, 15) is 14.4 Å². The van der Waals surface area contributed by atoms with Gasteiger partial charge in [0.05, 0.1) is 6.61 Å². The summed E-state index contributed by atoms with van der Waals surface area (Å²) >= 11 is 0. The van der Waals surface area contributed by atoms with Crippen LogP contribution < -0.4 is 4.74 Å². The van der Waals surface area contributed by atoms with E-state index in [-0.39, 0.29) is 18.0 Å². The SMILES string of the molecule is CO[C@@H](Cc1ccc(C(=O)CCCCOc2ccc(C(=O)c3ccccc3)cc2)cc1)C(=O)O. The predicted octanol–water partition coefficient (Wildman–Crippen LogP) is 4.99. The van der Waals surface area contributed by atoms with Crippen LogP contribution in [0.3, 0.4) is 0 Å². The number of unbranched alkanes of at least 4 members (excludes halogenated alkanes) is 1. The summed E-state index contributed by atoms with van der Waals surface area (Å²) < 4.78 is 10.7. The number of ketones is 2. The number of Topliss-reactive ketones (excluding diaryl/α,β-unsaturated/α-hetero) is 1. The van der Waals surface area contributed by atoms with Gasteiger partial charge in [0, 0.05) is 36.6 Å². The van der Waals surface area contributed by atoms with E-state index in [1.165, 1.54) is 7.11 Å². The van der Waals surface area contributed by atoms with Crippen LogP contribution in [0.1, 0.15) is 51.1 Å². The van der Waals surface area contributed by atoms with Gasteiger partial charge in [-0.1, -0.05) is 54.6 Å². The fourth-order valence-corrected chi connectivity index (χ4v) is 3.49. The van der Waals surface area contributed by atoms with Crippen molar-refractivity contribution in [2.24, 2.45) is 0 Å². The van der Waals surface area contributed by atoms with Gasteiger partial charge in [-0.3, -0.25) is 9.59 Å². The number of rotatable bonds is 13. The number of carbonyl (C=O) groups is 3. The van der Waals surface area contributed by atoms with Crippen LogP contribution in [0.4, 0.5) is 0 Å². The highest BCUT2D eigenvalue weighted by Crippen LogP contribution is 2.17. The molecule has 6 nitrogen and oxygen atoms in total. The highest BCUT2D eigenvalue weighted by Gasteiger charge is 2.17. The minimum absolute atomic E-state index is 0.0286. The number of benzene rings is 3. The van der Waals surface area contributed by atoms with E-state index in [1.807, 2.05) is 18.2 Å². The van der Waals surface area contributed by atoms with Crippen LogP contribution in [0.2, 0.25) is 0 Å². The van der Waals surface area contributed by atoms with Crippen molar-refractivity contribution < 1.29 is 29.0 Å². The van der Waals surface area contributed by atoms with E-state index in [1.54, 1.807) is 60.7 Å². The fraction of sp³-hybridized carbons (Fsp3) is 0.250. The molecular formula is C28H28O6. The Kier molecular flexibility index (Phi) is 9.12. The zero-order valence-electron chi connectivity index (χ0n) is 19.1. The van der Waals surface area contributed by atoms with Gasteiger partial charge in [0.2, 0.25) is 0 Å². The Morgan fingerprint density at radius 2 is 1.41 bits per heavy atom. The molecule has 3 aromatic rings. The van der Waals surface area contributed by atoms with Crippen LogP contribution in [0.15, 0.2) is 78.9 Å². The van der Waals surface area contributed by atoms with Gasteiger partial charge in [0.25, 0.3) is 0 Å². The maximum Gasteiger partial charge on any atom is 0.333 e. The van der Waals surface area contributed by atoms with Crippen molar-refractivity contribution in [1.29, 1.82) is 0 Å². The Labute approximate surface area is 199 Å². The van der Waals surface area contributed by atoms with E-state index >= 15 is 0 Å². The monoisotopic (exact) mass is 460 g/mol. The Hall–Kier alpha value is -3.77. The van der Waals surface area contributed by atoms with Gasteiger partial charge >= 0.3 is 5.97 Å². The molecule has 0 saturated carbocycles. The van der Waals surface area contributed by atoms with Gasteiger partial charge in [0.1, 0.15) is 5.75 Å². The molecule has 176 valence electrons. The lowest BCUT2D eigenvalue weighted by Gasteiger charge is -2.10. The number of carbonyl (C=O) groups excluding carboxylic acids is 2. The minimum atomic E-state index is -1.01. The van der Waals surface area contributed by atoms with Crippen molar-refractivity contribution in [3.63, 3.8) is 0 Å². The average molecular weight is 461 g/mol. The fourth-order valence-electron chi connectivity index (χ4n) is 3.49. The van der Waals surface area contributed by atoms with Gasteiger partial charge in [-0.15, -0.1) is 0 Å². The number of hydrogen-bond acceptors (Lipinski definition) is 5. The molecule has 0 aromatic heterocycles. The predicted molar refractivity (Wildman–Crippen MR) is 129 cm³/mol. The van der Waals surface area contributed by atoms with Gasteiger partial charge < -0.3 is 14.6 Å². The third-order valence-corrected chi connectivity index (χ3v) is 5.48. The summed E-state index contributed by atoms with van der Waals surface area (Å²) in [6, 6.07) is 23.2. The largest absolute Gasteiger partial charge is 0.494 e. The molecule has 0 saturated heterocycles. The van der Waals surface area contributed by atoms with Crippen LogP contribution >= 0.6 is 0 Å². The summed E-state index contributed by atoms with van der Waals surface area (Å²) in [5.41, 5.74) is 2.66. The van der Waals surface area contributed by atoms with E-state index in [0.717, 1.165) is 12.0 Å². The van der Waals surface area contributed by atoms with E-state index in [4.69, 9.17) is 14.6 Å². The lowest BCUT2D eigenvalue weighted by atomic mass is 10.0. The number of aliphatic carboxylic acids is 1. The second-order valence-corrected chi connectivity index (χ2v) is 7.91. The first kappa shape index (κ1) is 24.9.